The maximum absolute atomic E-state index is 13.2. The zero-order valence-electron chi connectivity index (χ0n) is 15.7. The first-order chi connectivity index (χ1) is 14.5. The number of quaternary nitrogens is 1. The minimum atomic E-state index is -4.86. The van der Waals surface area contributed by atoms with Gasteiger partial charge in [-0.15, -0.1) is 4.81 Å². The van der Waals surface area contributed by atoms with Gasteiger partial charge in [0.15, 0.2) is 0 Å². The van der Waals surface area contributed by atoms with Crippen LogP contribution in [0.1, 0.15) is 12.5 Å². The molecule has 0 bridgehead atoms. The Hall–Kier alpha value is -3.25. The lowest BCUT2D eigenvalue weighted by Crippen LogP contribution is -2.44. The van der Waals surface area contributed by atoms with E-state index in [0.29, 0.717) is 28.9 Å². The summed E-state index contributed by atoms with van der Waals surface area (Å²) in [5.74, 6) is -1.35. The maximum Gasteiger partial charge on any atom is 0.416 e. The number of nitrogens with one attached hydrogen (secondary N) is 1. The number of H-pyrrole nitrogens is 1. The number of hydrogen-bond acceptors (Lipinski definition) is 5. The molecule has 0 saturated carbocycles. The van der Waals surface area contributed by atoms with E-state index in [1.807, 2.05) is 0 Å². The highest BCUT2D eigenvalue weighted by Gasteiger charge is 2.38. The first kappa shape index (κ1) is 21.0. The number of fused-ring (bicyclic) bond motifs is 1. The van der Waals surface area contributed by atoms with Crippen LogP contribution < -0.4 is 4.81 Å². The summed E-state index contributed by atoms with van der Waals surface area (Å²) in [6, 6.07) is 4.48. The highest BCUT2D eigenvalue weighted by atomic mass is 35.5. The number of hydrogen-bond donors (Lipinski definition) is 2. The SMILES string of the molecule is CC(=O)[N+]([O-])(O)c1cc(C(F)(F)F)cc(Cl)c1-n1cc(-c2ccnc3[nH]ccc23)cn1. The molecule has 0 spiro atoms. The number of amides is 1. The van der Waals surface area contributed by atoms with Crippen molar-refractivity contribution >= 4 is 34.2 Å². The number of carbonyl (C=O) groups excluding carboxylic acids is 1. The molecule has 31 heavy (non-hydrogen) atoms. The number of benzene rings is 1. The Kier molecular flexibility index (Phi) is 4.85. The van der Waals surface area contributed by atoms with Gasteiger partial charge in [0.25, 0.3) is 0 Å². The molecule has 12 heteroatoms. The summed E-state index contributed by atoms with van der Waals surface area (Å²) < 4.78 is 40.8. The Morgan fingerprint density at radius 1 is 1.32 bits per heavy atom. The van der Waals surface area contributed by atoms with Crippen molar-refractivity contribution in [2.45, 2.75) is 13.1 Å². The van der Waals surface area contributed by atoms with Gasteiger partial charge in [0.1, 0.15) is 11.3 Å². The van der Waals surface area contributed by atoms with Crippen molar-refractivity contribution in [3.63, 3.8) is 0 Å². The molecule has 1 unspecified atom stereocenters. The molecule has 160 valence electrons. The largest absolute Gasteiger partial charge is 0.586 e. The van der Waals surface area contributed by atoms with Crippen LogP contribution >= 0.6 is 11.6 Å². The third kappa shape index (κ3) is 3.57. The second kappa shape index (κ2) is 7.17. The Labute approximate surface area is 177 Å². The van der Waals surface area contributed by atoms with Crippen molar-refractivity contribution in [3.8, 4) is 16.8 Å². The van der Waals surface area contributed by atoms with Crippen molar-refractivity contribution in [1.29, 1.82) is 0 Å². The topological polar surface area (TPSA) is 107 Å². The predicted molar refractivity (Wildman–Crippen MR) is 106 cm³/mol. The lowest BCUT2D eigenvalue weighted by molar-refractivity contribution is -0.149. The highest BCUT2D eigenvalue weighted by molar-refractivity contribution is 6.33. The molecule has 0 fully saturated rings. The Balaban J connectivity index is 1.93. The van der Waals surface area contributed by atoms with Crippen molar-refractivity contribution < 1.29 is 23.2 Å². The minimum absolute atomic E-state index is 0.354. The van der Waals surface area contributed by atoms with Crippen LogP contribution in [0.15, 0.2) is 49.1 Å². The van der Waals surface area contributed by atoms with Gasteiger partial charge in [-0.2, -0.15) is 18.3 Å². The first-order valence-electron chi connectivity index (χ1n) is 8.73. The third-order valence-corrected chi connectivity index (χ3v) is 4.99. The fourth-order valence-corrected chi connectivity index (χ4v) is 3.47. The first-order valence-corrected chi connectivity index (χ1v) is 9.10. The predicted octanol–water partition coefficient (Wildman–Crippen LogP) is 4.83. The van der Waals surface area contributed by atoms with Crippen LogP contribution in [-0.4, -0.2) is 30.9 Å². The Morgan fingerprint density at radius 3 is 2.74 bits per heavy atom. The van der Waals surface area contributed by atoms with Crippen LogP contribution in [0.4, 0.5) is 18.9 Å². The zero-order valence-corrected chi connectivity index (χ0v) is 16.4. The number of carbonyl (C=O) groups is 1. The third-order valence-electron chi connectivity index (χ3n) is 4.71. The average molecular weight is 452 g/mol. The summed E-state index contributed by atoms with van der Waals surface area (Å²) in [5, 5.41) is 27.0. The molecular weight excluding hydrogens is 439 g/mol. The smallest absolute Gasteiger partial charge is 0.416 e. The summed E-state index contributed by atoms with van der Waals surface area (Å²) in [6.07, 6.45) is 1.22. The number of aromatic amines is 1. The molecule has 3 aromatic heterocycles. The van der Waals surface area contributed by atoms with Crippen molar-refractivity contribution in [1.82, 2.24) is 24.6 Å². The maximum atomic E-state index is 13.2. The second-order valence-corrected chi connectivity index (χ2v) is 7.10. The minimum Gasteiger partial charge on any atom is -0.586 e. The van der Waals surface area contributed by atoms with E-state index in [2.05, 4.69) is 15.1 Å². The van der Waals surface area contributed by atoms with Crippen LogP contribution in [0.25, 0.3) is 27.8 Å². The highest BCUT2D eigenvalue weighted by Crippen LogP contribution is 2.41. The molecule has 4 rings (SSSR count). The van der Waals surface area contributed by atoms with Crippen LogP contribution in [-0.2, 0) is 11.0 Å². The zero-order chi connectivity index (χ0) is 22.6. The molecule has 0 aliphatic carbocycles. The van der Waals surface area contributed by atoms with Gasteiger partial charge in [-0.05, 0) is 23.8 Å². The summed E-state index contributed by atoms with van der Waals surface area (Å²) in [5.41, 5.74) is -0.697. The van der Waals surface area contributed by atoms with Crippen molar-refractivity contribution in [2.24, 2.45) is 0 Å². The molecule has 1 amide bonds. The van der Waals surface area contributed by atoms with E-state index < -0.39 is 33.2 Å². The normalized spacial score (nSPS) is 14.0. The molecule has 2 N–H and O–H groups in total. The van der Waals surface area contributed by atoms with Crippen LogP contribution in [0, 0.1) is 5.21 Å². The number of halogens is 4. The fourth-order valence-electron chi connectivity index (χ4n) is 3.17. The number of hydroxylamine groups is 2. The van der Waals surface area contributed by atoms with E-state index >= 15 is 0 Å². The number of rotatable bonds is 3. The van der Waals surface area contributed by atoms with E-state index in [1.54, 1.807) is 24.5 Å². The van der Waals surface area contributed by atoms with Crippen LogP contribution in [0.5, 0.6) is 0 Å². The number of nitrogens with zero attached hydrogens (tertiary/aromatic N) is 4. The summed E-state index contributed by atoms with van der Waals surface area (Å²) in [7, 11) is 0. The Bertz CT molecular complexity index is 1310. The quantitative estimate of drug-likeness (QED) is 0.263. The van der Waals surface area contributed by atoms with E-state index in [-0.39, 0.29) is 5.69 Å². The monoisotopic (exact) mass is 451 g/mol. The molecular formula is C19H13ClF3N5O3. The lowest BCUT2D eigenvalue weighted by atomic mass is 10.1. The summed E-state index contributed by atoms with van der Waals surface area (Å²) >= 11 is 6.07. The molecule has 3 heterocycles. The van der Waals surface area contributed by atoms with Gasteiger partial charge in [-0.25, -0.2) is 19.7 Å². The summed E-state index contributed by atoms with van der Waals surface area (Å²) in [6.45, 7) is 0.749. The van der Waals surface area contributed by atoms with Gasteiger partial charge in [0, 0.05) is 35.6 Å². The van der Waals surface area contributed by atoms with E-state index in [9.17, 15) is 28.4 Å². The van der Waals surface area contributed by atoms with Gasteiger partial charge >= 0.3 is 12.1 Å². The van der Waals surface area contributed by atoms with E-state index in [4.69, 9.17) is 11.6 Å². The fraction of sp³-hybridized carbons (Fsp3) is 0.105. The number of aromatic nitrogens is 4. The molecule has 0 radical (unpaired) electrons. The molecule has 0 aliphatic rings. The van der Waals surface area contributed by atoms with Crippen LogP contribution in [0.2, 0.25) is 5.02 Å². The number of alkyl halides is 3. The van der Waals surface area contributed by atoms with Gasteiger partial charge in [-0.3, -0.25) is 0 Å². The standard InChI is InChI=1S/C19H13ClF3N5O3/c1-10(29)28(30,31)16-7-12(19(21,22)23)6-15(20)17(16)27-9-11(8-26-27)13-2-4-24-18-14(13)3-5-25-18/h2-9,30H,1H3,(H,24,25). The molecule has 1 atom stereocenters. The molecule has 4 aromatic rings. The molecule has 0 aliphatic heterocycles. The molecule has 8 nitrogen and oxygen atoms in total. The van der Waals surface area contributed by atoms with Gasteiger partial charge in [0.2, 0.25) is 5.69 Å². The number of pyridine rings is 1. The average Bonchev–Trinajstić information content (AvgIpc) is 3.35. The van der Waals surface area contributed by atoms with Crippen LogP contribution in [0.3, 0.4) is 0 Å². The van der Waals surface area contributed by atoms with Crippen molar-refractivity contribution in [2.75, 3.05) is 0 Å². The summed E-state index contributed by atoms with van der Waals surface area (Å²) in [4.78, 5) is 16.2. The molecule has 0 saturated heterocycles. The van der Waals surface area contributed by atoms with Gasteiger partial charge in [-0.1, -0.05) is 11.6 Å². The van der Waals surface area contributed by atoms with Gasteiger partial charge in [0.05, 0.1) is 23.7 Å². The lowest BCUT2D eigenvalue weighted by Gasteiger charge is -2.31. The van der Waals surface area contributed by atoms with Gasteiger partial charge < -0.3 is 10.2 Å². The Morgan fingerprint density at radius 2 is 2.06 bits per heavy atom. The van der Waals surface area contributed by atoms with E-state index in [1.165, 1.54) is 12.4 Å². The van der Waals surface area contributed by atoms with E-state index in [0.717, 1.165) is 17.0 Å². The van der Waals surface area contributed by atoms with Crippen molar-refractivity contribution in [3.05, 3.63) is 64.8 Å². The molecule has 1 aromatic carbocycles. The second-order valence-electron chi connectivity index (χ2n) is 6.69.